The van der Waals surface area contributed by atoms with E-state index in [9.17, 15) is 17.6 Å². The first-order chi connectivity index (χ1) is 15.8. The highest BCUT2D eigenvalue weighted by atomic mass is 32.2. The molecule has 0 saturated carbocycles. The van der Waals surface area contributed by atoms with Crippen LogP contribution in [0.15, 0.2) is 88.9 Å². The standard InChI is InChI=1S/C24H24FN3O4S/c1-18(2)32-20-14-12-19(13-15-20)16-26-27-24(29)17-28(23-11-7-6-10-22(23)25)33(30,31)21-8-4-3-5-9-21/h3-16,18H,17H2,1-2H3,(H,27,29)/b26-16-. The fourth-order valence-corrected chi connectivity index (χ4v) is 4.37. The molecule has 0 atom stereocenters. The normalized spacial score (nSPS) is 11.5. The minimum Gasteiger partial charge on any atom is -0.491 e. The molecule has 0 aliphatic carbocycles. The van der Waals surface area contributed by atoms with Gasteiger partial charge in [0.2, 0.25) is 0 Å². The maximum Gasteiger partial charge on any atom is 0.264 e. The van der Waals surface area contributed by atoms with Crippen molar-refractivity contribution in [3.63, 3.8) is 0 Å². The van der Waals surface area contributed by atoms with E-state index in [2.05, 4.69) is 10.5 Å². The molecule has 0 aliphatic heterocycles. The number of benzene rings is 3. The van der Waals surface area contributed by atoms with E-state index in [4.69, 9.17) is 4.74 Å². The van der Waals surface area contributed by atoms with Gasteiger partial charge in [-0.15, -0.1) is 0 Å². The van der Waals surface area contributed by atoms with Crippen LogP contribution in [0, 0.1) is 5.82 Å². The highest BCUT2D eigenvalue weighted by Gasteiger charge is 2.28. The zero-order chi connectivity index (χ0) is 23.8. The number of para-hydroxylation sites is 1. The molecule has 0 unspecified atom stereocenters. The van der Waals surface area contributed by atoms with Crippen molar-refractivity contribution in [2.45, 2.75) is 24.8 Å². The van der Waals surface area contributed by atoms with E-state index in [1.807, 2.05) is 13.8 Å². The first kappa shape index (κ1) is 23.9. The molecule has 9 heteroatoms. The second kappa shape index (κ2) is 10.7. The SMILES string of the molecule is CC(C)Oc1ccc(/C=N\NC(=O)CN(c2ccccc2F)S(=O)(=O)c2ccccc2)cc1. The molecule has 1 amide bonds. The highest BCUT2D eigenvalue weighted by molar-refractivity contribution is 7.92. The smallest absolute Gasteiger partial charge is 0.264 e. The molecule has 0 radical (unpaired) electrons. The monoisotopic (exact) mass is 469 g/mol. The molecule has 0 fully saturated rings. The van der Waals surface area contributed by atoms with Crippen LogP contribution in [0.2, 0.25) is 0 Å². The second-order valence-corrected chi connectivity index (χ2v) is 9.17. The van der Waals surface area contributed by atoms with Crippen molar-refractivity contribution in [2.24, 2.45) is 5.10 Å². The van der Waals surface area contributed by atoms with Crippen LogP contribution < -0.4 is 14.5 Å². The fourth-order valence-electron chi connectivity index (χ4n) is 2.92. The zero-order valence-corrected chi connectivity index (χ0v) is 19.0. The lowest BCUT2D eigenvalue weighted by Crippen LogP contribution is -2.40. The van der Waals surface area contributed by atoms with Crippen molar-refractivity contribution in [3.05, 3.63) is 90.2 Å². The maximum absolute atomic E-state index is 14.4. The Balaban J connectivity index is 1.76. The quantitative estimate of drug-likeness (QED) is 0.380. The van der Waals surface area contributed by atoms with Crippen LogP contribution in [-0.4, -0.2) is 33.2 Å². The van der Waals surface area contributed by atoms with Crippen LogP contribution in [0.4, 0.5) is 10.1 Å². The molecule has 3 rings (SSSR count). The predicted octanol–water partition coefficient (Wildman–Crippen LogP) is 3.96. The summed E-state index contributed by atoms with van der Waals surface area (Å²) in [7, 11) is -4.20. The highest BCUT2D eigenvalue weighted by Crippen LogP contribution is 2.25. The summed E-state index contributed by atoms with van der Waals surface area (Å²) in [6, 6.07) is 20.0. The first-order valence-corrected chi connectivity index (χ1v) is 11.6. The molecule has 1 N–H and O–H groups in total. The Morgan fingerprint density at radius 3 is 2.30 bits per heavy atom. The van der Waals surface area contributed by atoms with Gasteiger partial charge in [-0.2, -0.15) is 5.10 Å². The molecule has 3 aromatic rings. The number of hydrogen-bond donors (Lipinski definition) is 1. The summed E-state index contributed by atoms with van der Waals surface area (Å²) in [5.74, 6) is -0.788. The van der Waals surface area contributed by atoms with Gasteiger partial charge in [-0.05, 0) is 67.9 Å². The average molecular weight is 470 g/mol. The molecular formula is C24H24FN3O4S. The Labute approximate surface area is 192 Å². The molecule has 0 aliphatic rings. The van der Waals surface area contributed by atoms with Crippen molar-refractivity contribution in [1.29, 1.82) is 0 Å². The van der Waals surface area contributed by atoms with Crippen molar-refractivity contribution in [3.8, 4) is 5.75 Å². The number of anilines is 1. The molecule has 3 aromatic carbocycles. The van der Waals surface area contributed by atoms with Gasteiger partial charge in [0.25, 0.3) is 15.9 Å². The van der Waals surface area contributed by atoms with Crippen molar-refractivity contribution in [2.75, 3.05) is 10.8 Å². The number of rotatable bonds is 9. The lowest BCUT2D eigenvalue weighted by molar-refractivity contribution is -0.119. The second-order valence-electron chi connectivity index (χ2n) is 7.30. The van der Waals surface area contributed by atoms with Gasteiger partial charge in [0, 0.05) is 0 Å². The maximum atomic E-state index is 14.4. The Morgan fingerprint density at radius 2 is 1.67 bits per heavy atom. The number of hydrazone groups is 1. The van der Waals surface area contributed by atoms with Gasteiger partial charge in [0.1, 0.15) is 18.1 Å². The van der Waals surface area contributed by atoms with E-state index in [0.717, 1.165) is 10.4 Å². The van der Waals surface area contributed by atoms with E-state index in [1.54, 1.807) is 42.5 Å². The molecule has 0 aromatic heterocycles. The molecule has 0 saturated heterocycles. The first-order valence-electron chi connectivity index (χ1n) is 10.2. The summed E-state index contributed by atoms with van der Waals surface area (Å²) in [5, 5.41) is 3.88. The van der Waals surface area contributed by atoms with Crippen LogP contribution in [0.1, 0.15) is 19.4 Å². The van der Waals surface area contributed by atoms with Crippen LogP contribution in [-0.2, 0) is 14.8 Å². The van der Waals surface area contributed by atoms with Crippen LogP contribution in [0.25, 0.3) is 0 Å². The topological polar surface area (TPSA) is 88.1 Å². The number of carbonyl (C=O) groups excluding carboxylic acids is 1. The van der Waals surface area contributed by atoms with E-state index in [-0.39, 0.29) is 16.7 Å². The minimum absolute atomic E-state index is 0.0494. The van der Waals surface area contributed by atoms with Gasteiger partial charge in [-0.25, -0.2) is 18.2 Å². The molecule has 0 spiro atoms. The third kappa shape index (κ3) is 6.39. The van der Waals surface area contributed by atoms with Gasteiger partial charge >= 0.3 is 0 Å². The Morgan fingerprint density at radius 1 is 1.03 bits per heavy atom. The molecular weight excluding hydrogens is 445 g/mol. The molecule has 7 nitrogen and oxygen atoms in total. The van der Waals surface area contributed by atoms with Crippen LogP contribution in [0.5, 0.6) is 5.75 Å². The fraction of sp³-hybridized carbons (Fsp3) is 0.167. The number of hydrogen-bond acceptors (Lipinski definition) is 5. The van der Waals surface area contributed by atoms with Crippen molar-refractivity contribution >= 4 is 27.8 Å². The van der Waals surface area contributed by atoms with E-state index >= 15 is 0 Å². The number of carbonyl (C=O) groups is 1. The summed E-state index contributed by atoms with van der Waals surface area (Å²) in [6.45, 7) is 3.19. The largest absolute Gasteiger partial charge is 0.491 e. The van der Waals surface area contributed by atoms with Crippen molar-refractivity contribution in [1.82, 2.24) is 5.43 Å². The lowest BCUT2D eigenvalue weighted by Gasteiger charge is -2.24. The number of amides is 1. The Hall–Kier alpha value is -3.72. The minimum atomic E-state index is -4.20. The summed E-state index contributed by atoms with van der Waals surface area (Å²) >= 11 is 0. The number of sulfonamides is 1. The summed E-state index contributed by atoms with van der Waals surface area (Å²) < 4.78 is 47.0. The molecule has 33 heavy (non-hydrogen) atoms. The zero-order valence-electron chi connectivity index (χ0n) is 18.2. The molecule has 0 heterocycles. The summed E-state index contributed by atoms with van der Waals surface area (Å²) in [5.41, 5.74) is 2.76. The number of ether oxygens (including phenoxy) is 1. The van der Waals surface area contributed by atoms with E-state index < -0.39 is 28.3 Å². The van der Waals surface area contributed by atoms with Gasteiger partial charge in [0.05, 0.1) is 22.9 Å². The van der Waals surface area contributed by atoms with Crippen LogP contribution >= 0.6 is 0 Å². The number of nitrogens with zero attached hydrogens (tertiary/aromatic N) is 2. The number of halogens is 1. The lowest BCUT2D eigenvalue weighted by atomic mass is 10.2. The average Bonchev–Trinajstić information content (AvgIpc) is 2.79. The van der Waals surface area contributed by atoms with Crippen LogP contribution in [0.3, 0.4) is 0 Å². The Bertz CT molecular complexity index is 1210. The van der Waals surface area contributed by atoms with Gasteiger partial charge in [-0.1, -0.05) is 30.3 Å². The third-order valence-electron chi connectivity index (χ3n) is 4.39. The van der Waals surface area contributed by atoms with Gasteiger partial charge in [-0.3, -0.25) is 9.10 Å². The van der Waals surface area contributed by atoms with Gasteiger partial charge < -0.3 is 4.74 Å². The molecule has 172 valence electrons. The number of nitrogens with one attached hydrogen (secondary N) is 1. The predicted molar refractivity (Wildman–Crippen MR) is 125 cm³/mol. The van der Waals surface area contributed by atoms with E-state index in [0.29, 0.717) is 11.3 Å². The van der Waals surface area contributed by atoms with Crippen molar-refractivity contribution < 1.29 is 22.3 Å². The Kier molecular flexibility index (Phi) is 7.78. The van der Waals surface area contributed by atoms with E-state index in [1.165, 1.54) is 36.5 Å². The van der Waals surface area contributed by atoms with Gasteiger partial charge in [0.15, 0.2) is 0 Å². The molecule has 0 bridgehead atoms. The summed E-state index contributed by atoms with van der Waals surface area (Å²) in [6.07, 6.45) is 1.46. The third-order valence-corrected chi connectivity index (χ3v) is 6.17. The summed E-state index contributed by atoms with van der Waals surface area (Å²) in [4.78, 5) is 12.4.